The number of carboxylic acid groups (broad SMARTS) is 1. The predicted octanol–water partition coefficient (Wildman–Crippen LogP) is 3.34. The number of nitrogens with one attached hydrogen (secondary N) is 1. The highest BCUT2D eigenvalue weighted by Crippen LogP contribution is 2.20. The molecule has 36 heavy (non-hydrogen) atoms. The maximum Gasteiger partial charge on any atom is 0.335 e. The van der Waals surface area contributed by atoms with Crippen molar-refractivity contribution in [1.82, 2.24) is 30.2 Å². The van der Waals surface area contributed by atoms with E-state index in [4.69, 9.17) is 4.74 Å². The normalized spacial score (nSPS) is 10.8. The van der Waals surface area contributed by atoms with E-state index in [2.05, 4.69) is 32.5 Å². The molecule has 11 heteroatoms. The summed E-state index contributed by atoms with van der Waals surface area (Å²) in [7, 11) is 1.59. The van der Waals surface area contributed by atoms with Gasteiger partial charge in [0.05, 0.1) is 25.4 Å². The van der Waals surface area contributed by atoms with Gasteiger partial charge in [-0.1, -0.05) is 42.7 Å². The Balaban J connectivity index is 1.68. The van der Waals surface area contributed by atoms with Gasteiger partial charge in [-0.15, -0.1) is 5.10 Å². The van der Waals surface area contributed by atoms with Gasteiger partial charge in [-0.3, -0.25) is 9.69 Å². The molecule has 2 heterocycles. The molecule has 186 valence electrons. The number of hydrogen-bond donors (Lipinski definition) is 2. The van der Waals surface area contributed by atoms with Crippen LogP contribution in [-0.2, 0) is 19.5 Å². The summed E-state index contributed by atoms with van der Waals surface area (Å²) in [6, 6.07) is 14.0. The number of benzene rings is 2. The van der Waals surface area contributed by atoms with Gasteiger partial charge in [0.15, 0.2) is 0 Å². The van der Waals surface area contributed by atoms with Crippen molar-refractivity contribution in [2.24, 2.45) is 0 Å². The van der Waals surface area contributed by atoms with Gasteiger partial charge < -0.3 is 14.4 Å². The Bertz CT molecular complexity index is 1300. The van der Waals surface area contributed by atoms with Crippen LogP contribution in [0.25, 0.3) is 0 Å². The number of H-pyrrole nitrogens is 1. The molecule has 0 aliphatic heterocycles. The molecule has 4 aromatic rings. The van der Waals surface area contributed by atoms with Crippen LogP contribution in [0.5, 0.6) is 5.75 Å². The Hall–Kier alpha value is -4.54. The lowest BCUT2D eigenvalue weighted by Gasteiger charge is -2.20. The molecule has 0 aliphatic rings. The number of aryl methyl sites for hydroxylation is 1. The number of ether oxygens (including phenoxy) is 1. The molecule has 2 aromatic heterocycles. The van der Waals surface area contributed by atoms with Crippen molar-refractivity contribution >= 4 is 17.8 Å². The number of rotatable bonds is 11. The summed E-state index contributed by atoms with van der Waals surface area (Å²) in [6.07, 6.45) is 4.18. The quantitative estimate of drug-likeness (QED) is 0.327. The lowest BCUT2D eigenvalue weighted by atomic mass is 10.1. The topological polar surface area (TPSA) is 139 Å². The minimum Gasteiger partial charge on any atom is -0.497 e. The number of nitrogens with zero attached hydrogens (tertiary/aromatic N) is 6. The molecule has 0 fully saturated rings. The maximum atomic E-state index is 13.9. The number of anilines is 1. The van der Waals surface area contributed by atoms with Gasteiger partial charge in [-0.05, 0) is 47.0 Å². The number of tetrazole rings is 1. The number of hydrogen-bond acceptors (Lipinski definition) is 7. The molecule has 2 N–H and O–H groups in total. The van der Waals surface area contributed by atoms with Crippen LogP contribution in [0.1, 0.15) is 57.6 Å². The monoisotopic (exact) mass is 489 g/mol. The second-order valence-electron chi connectivity index (χ2n) is 8.20. The van der Waals surface area contributed by atoms with E-state index in [1.165, 1.54) is 4.90 Å². The first kappa shape index (κ1) is 24.6. The Morgan fingerprint density at radius 3 is 2.42 bits per heavy atom. The van der Waals surface area contributed by atoms with Crippen LogP contribution in [-0.4, -0.2) is 54.3 Å². The highest BCUT2D eigenvalue weighted by atomic mass is 16.5. The molecule has 2 aromatic carbocycles. The molecule has 4 rings (SSSR count). The number of methoxy groups -OCH3 is 1. The van der Waals surface area contributed by atoms with Crippen molar-refractivity contribution in [2.75, 3.05) is 12.0 Å². The number of carbonyl (C=O) groups is 2. The van der Waals surface area contributed by atoms with Gasteiger partial charge in [0.1, 0.15) is 17.3 Å². The molecule has 0 aliphatic carbocycles. The van der Waals surface area contributed by atoms with E-state index >= 15 is 0 Å². The molecule has 0 unspecified atom stereocenters. The summed E-state index contributed by atoms with van der Waals surface area (Å²) in [4.78, 5) is 31.1. The largest absolute Gasteiger partial charge is 0.497 e. The molecular formula is C25H27N7O4. The van der Waals surface area contributed by atoms with Gasteiger partial charge in [-0.2, -0.15) is 5.21 Å². The maximum absolute atomic E-state index is 13.9. The standard InChI is InChI=1S/C25H27N7O4/c1-3-4-5-22-26-14-21(31(22)15-17-6-10-19(11-7-17)24(34)35)23(33)32(25-27-29-30-28-25)16-18-8-12-20(36-2)13-9-18/h6-14H,3-5,15-16H2,1-2H3,(H,34,35)(H,27,28,29,30). The Kier molecular flexibility index (Phi) is 7.69. The van der Waals surface area contributed by atoms with Crippen molar-refractivity contribution in [2.45, 2.75) is 39.3 Å². The molecule has 1 amide bonds. The zero-order valence-electron chi connectivity index (χ0n) is 20.1. The Morgan fingerprint density at radius 1 is 1.08 bits per heavy atom. The number of aromatic amines is 1. The average molecular weight is 490 g/mol. The highest BCUT2D eigenvalue weighted by molar-refractivity contribution is 6.03. The molecular weight excluding hydrogens is 462 g/mol. The van der Waals surface area contributed by atoms with Crippen LogP contribution in [0.4, 0.5) is 5.95 Å². The minimum atomic E-state index is -0.988. The van der Waals surface area contributed by atoms with Crippen molar-refractivity contribution in [3.8, 4) is 5.75 Å². The zero-order chi connectivity index (χ0) is 25.5. The van der Waals surface area contributed by atoms with Crippen LogP contribution in [0.3, 0.4) is 0 Å². The van der Waals surface area contributed by atoms with E-state index < -0.39 is 5.97 Å². The fourth-order valence-corrected chi connectivity index (χ4v) is 3.79. The molecule has 0 saturated heterocycles. The molecule has 0 bridgehead atoms. The number of aromatic carboxylic acids is 1. The zero-order valence-corrected chi connectivity index (χ0v) is 20.1. The van der Waals surface area contributed by atoms with E-state index in [-0.39, 0.29) is 24.0 Å². The van der Waals surface area contributed by atoms with Gasteiger partial charge in [-0.25, -0.2) is 9.78 Å². The van der Waals surface area contributed by atoms with Crippen LogP contribution in [0.15, 0.2) is 54.7 Å². The number of aromatic nitrogens is 6. The third kappa shape index (κ3) is 5.57. The van der Waals surface area contributed by atoms with E-state index in [9.17, 15) is 14.7 Å². The van der Waals surface area contributed by atoms with Crippen molar-refractivity contribution in [3.05, 3.63) is 82.9 Å². The lowest BCUT2D eigenvalue weighted by molar-refractivity contribution is 0.0696. The number of unbranched alkanes of at least 4 members (excludes halogenated alkanes) is 1. The SMILES string of the molecule is CCCCc1ncc(C(=O)N(Cc2ccc(OC)cc2)c2nn[nH]n2)n1Cc1ccc(C(=O)O)cc1. The van der Waals surface area contributed by atoms with Crippen molar-refractivity contribution < 1.29 is 19.4 Å². The Labute approximate surface area is 207 Å². The van der Waals surface area contributed by atoms with Crippen LogP contribution >= 0.6 is 0 Å². The van der Waals surface area contributed by atoms with Crippen LogP contribution in [0.2, 0.25) is 0 Å². The van der Waals surface area contributed by atoms with E-state index in [0.717, 1.165) is 29.8 Å². The summed E-state index contributed by atoms with van der Waals surface area (Å²) >= 11 is 0. The molecule has 0 radical (unpaired) electrons. The number of imidazole rings is 1. The predicted molar refractivity (Wildman–Crippen MR) is 131 cm³/mol. The summed E-state index contributed by atoms with van der Waals surface area (Å²) in [5.41, 5.74) is 2.29. The van der Waals surface area contributed by atoms with E-state index in [0.29, 0.717) is 24.4 Å². The molecule has 0 atom stereocenters. The van der Waals surface area contributed by atoms with E-state index in [1.54, 1.807) is 37.6 Å². The second-order valence-corrected chi connectivity index (χ2v) is 8.20. The van der Waals surface area contributed by atoms with Crippen molar-refractivity contribution in [1.29, 1.82) is 0 Å². The van der Waals surface area contributed by atoms with Gasteiger partial charge >= 0.3 is 5.97 Å². The second kappa shape index (κ2) is 11.3. The first-order valence-corrected chi connectivity index (χ1v) is 11.5. The summed E-state index contributed by atoms with van der Waals surface area (Å²) in [6.45, 7) is 2.67. The number of carbonyl (C=O) groups excluding carboxylic acids is 1. The van der Waals surface area contributed by atoms with Gasteiger partial charge in [0.25, 0.3) is 11.9 Å². The molecule has 0 saturated carbocycles. The fourth-order valence-electron chi connectivity index (χ4n) is 3.79. The van der Waals surface area contributed by atoms with Crippen molar-refractivity contribution in [3.63, 3.8) is 0 Å². The average Bonchev–Trinajstić information content (AvgIpc) is 3.57. The molecule has 11 nitrogen and oxygen atoms in total. The summed E-state index contributed by atoms with van der Waals surface area (Å²) in [5, 5.41) is 23.3. The fraction of sp³-hybridized carbons (Fsp3) is 0.280. The molecule has 0 spiro atoms. The van der Waals surface area contributed by atoms with Gasteiger partial charge in [0.2, 0.25) is 0 Å². The summed E-state index contributed by atoms with van der Waals surface area (Å²) in [5.74, 6) is 0.316. The highest BCUT2D eigenvalue weighted by Gasteiger charge is 2.26. The van der Waals surface area contributed by atoms with E-state index in [1.807, 2.05) is 28.8 Å². The van der Waals surface area contributed by atoms with Gasteiger partial charge in [0, 0.05) is 13.0 Å². The lowest BCUT2D eigenvalue weighted by Crippen LogP contribution is -2.33. The number of carboxylic acids is 1. The first-order chi connectivity index (χ1) is 17.5. The minimum absolute atomic E-state index is 0.143. The van der Waals surface area contributed by atoms with Crippen LogP contribution in [0, 0.1) is 0 Å². The smallest absolute Gasteiger partial charge is 0.335 e. The third-order valence-corrected chi connectivity index (χ3v) is 5.77. The Morgan fingerprint density at radius 2 is 1.81 bits per heavy atom. The third-order valence-electron chi connectivity index (χ3n) is 5.77. The summed E-state index contributed by atoms with van der Waals surface area (Å²) < 4.78 is 7.10. The number of amides is 1. The van der Waals surface area contributed by atoms with Crippen LogP contribution < -0.4 is 9.64 Å². The first-order valence-electron chi connectivity index (χ1n) is 11.5.